The monoisotopic (exact) mass is 343 g/mol. The van der Waals surface area contributed by atoms with Gasteiger partial charge in [-0.25, -0.2) is 12.7 Å². The van der Waals surface area contributed by atoms with E-state index in [-0.39, 0.29) is 10.3 Å². The normalized spacial score (nSPS) is 12.0. The lowest BCUT2D eigenvalue weighted by Gasteiger charge is -2.13. The second-order valence-corrected chi connectivity index (χ2v) is 7.77. The van der Waals surface area contributed by atoms with E-state index < -0.39 is 10.0 Å². The van der Waals surface area contributed by atoms with Gasteiger partial charge >= 0.3 is 0 Å². The first-order valence-corrected chi connectivity index (χ1v) is 8.80. The molecule has 124 valence electrons. The molecule has 0 aliphatic carbocycles. The molecule has 6 nitrogen and oxygen atoms in total. The van der Waals surface area contributed by atoms with Crippen LogP contribution in [0.15, 0.2) is 64.4 Å². The van der Waals surface area contributed by atoms with Crippen LogP contribution >= 0.6 is 0 Å². The number of sulfonamides is 1. The van der Waals surface area contributed by atoms with E-state index in [1.165, 1.54) is 24.6 Å². The Kier molecular flexibility index (Phi) is 4.21. The third-order valence-corrected chi connectivity index (χ3v) is 5.58. The summed E-state index contributed by atoms with van der Waals surface area (Å²) >= 11 is 0. The Morgan fingerprint density at radius 1 is 1.08 bits per heavy atom. The van der Waals surface area contributed by atoms with Gasteiger partial charge in [-0.3, -0.25) is 9.48 Å². The van der Waals surface area contributed by atoms with E-state index in [9.17, 15) is 13.2 Å². The van der Waals surface area contributed by atoms with Crippen LogP contribution in [0.3, 0.4) is 0 Å². The number of fused-ring (bicyclic) bond motifs is 1. The molecule has 3 rings (SSSR count). The van der Waals surface area contributed by atoms with Gasteiger partial charge in [0.1, 0.15) is 0 Å². The SMILES string of the molecule is CN(C)S(=O)(=O)c1cccc(Cn2ncc(=O)c3ccccc32)c1. The molecular formula is C17H17N3O3S. The summed E-state index contributed by atoms with van der Waals surface area (Å²) in [6, 6.07) is 14.0. The summed E-state index contributed by atoms with van der Waals surface area (Å²) in [5.41, 5.74) is 1.37. The molecule has 0 fully saturated rings. The highest BCUT2D eigenvalue weighted by Crippen LogP contribution is 2.16. The van der Waals surface area contributed by atoms with Crippen molar-refractivity contribution in [2.45, 2.75) is 11.4 Å². The fraction of sp³-hybridized carbons (Fsp3) is 0.176. The molecule has 0 unspecified atom stereocenters. The standard InChI is InChI=1S/C17H17N3O3S/c1-19(2)24(22,23)14-7-5-6-13(10-14)12-20-16-9-4-3-8-15(16)17(21)11-18-20/h3-11H,12H2,1-2H3. The van der Waals surface area contributed by atoms with Gasteiger partial charge in [-0.1, -0.05) is 24.3 Å². The van der Waals surface area contributed by atoms with Crippen LogP contribution < -0.4 is 5.43 Å². The molecule has 0 aliphatic heterocycles. The maximum Gasteiger partial charge on any atom is 0.242 e. The summed E-state index contributed by atoms with van der Waals surface area (Å²) in [6.45, 7) is 0.373. The van der Waals surface area contributed by atoms with E-state index in [2.05, 4.69) is 5.10 Å². The molecule has 0 amide bonds. The molecule has 3 aromatic rings. The number of hydrogen-bond acceptors (Lipinski definition) is 4. The van der Waals surface area contributed by atoms with Crippen molar-refractivity contribution in [2.75, 3.05) is 14.1 Å². The molecule has 2 aromatic carbocycles. The molecule has 0 spiro atoms. The minimum atomic E-state index is -3.49. The zero-order chi connectivity index (χ0) is 17.3. The molecule has 7 heteroatoms. The van der Waals surface area contributed by atoms with Crippen LogP contribution in [0.1, 0.15) is 5.56 Å². The minimum absolute atomic E-state index is 0.134. The molecule has 0 saturated heterocycles. The largest absolute Gasteiger partial charge is 0.287 e. The first-order chi connectivity index (χ1) is 11.4. The first-order valence-electron chi connectivity index (χ1n) is 7.36. The van der Waals surface area contributed by atoms with E-state index in [0.29, 0.717) is 17.4 Å². The highest BCUT2D eigenvalue weighted by molar-refractivity contribution is 7.89. The Hall–Kier alpha value is -2.51. The molecule has 0 saturated carbocycles. The summed E-state index contributed by atoms with van der Waals surface area (Å²) in [4.78, 5) is 12.1. The van der Waals surface area contributed by atoms with Gasteiger partial charge in [-0.2, -0.15) is 5.10 Å². The Labute approximate surface area is 140 Å². The zero-order valence-corrected chi connectivity index (χ0v) is 14.2. The number of aromatic nitrogens is 2. The van der Waals surface area contributed by atoms with Crippen LogP contribution in [0, 0.1) is 0 Å². The van der Waals surface area contributed by atoms with Crippen LogP contribution in [0.5, 0.6) is 0 Å². The summed E-state index contributed by atoms with van der Waals surface area (Å²) < 4.78 is 27.4. The van der Waals surface area contributed by atoms with Crippen molar-refractivity contribution in [3.05, 3.63) is 70.5 Å². The van der Waals surface area contributed by atoms with Gasteiger partial charge in [0.2, 0.25) is 15.5 Å². The summed E-state index contributed by atoms with van der Waals surface area (Å²) in [7, 11) is -0.490. The van der Waals surface area contributed by atoms with Gasteiger partial charge in [0.05, 0.1) is 23.2 Å². The number of para-hydroxylation sites is 1. The molecule has 0 bridgehead atoms. The second kappa shape index (κ2) is 6.18. The van der Waals surface area contributed by atoms with E-state index >= 15 is 0 Å². The highest BCUT2D eigenvalue weighted by atomic mass is 32.2. The average molecular weight is 343 g/mol. The van der Waals surface area contributed by atoms with Crippen molar-refractivity contribution < 1.29 is 8.42 Å². The maximum absolute atomic E-state index is 12.3. The van der Waals surface area contributed by atoms with Crippen LogP contribution in [0.4, 0.5) is 0 Å². The molecule has 0 aliphatic rings. The average Bonchev–Trinajstić information content (AvgIpc) is 2.58. The van der Waals surface area contributed by atoms with Crippen molar-refractivity contribution in [1.29, 1.82) is 0 Å². The summed E-state index contributed by atoms with van der Waals surface area (Å²) in [5, 5.41) is 4.76. The van der Waals surface area contributed by atoms with Crippen molar-refractivity contribution in [3.63, 3.8) is 0 Å². The van der Waals surface area contributed by atoms with E-state index in [4.69, 9.17) is 0 Å². The Morgan fingerprint density at radius 2 is 1.83 bits per heavy atom. The van der Waals surface area contributed by atoms with Gasteiger partial charge < -0.3 is 0 Å². The second-order valence-electron chi connectivity index (χ2n) is 5.62. The Balaban J connectivity index is 2.05. The van der Waals surface area contributed by atoms with Gasteiger partial charge in [0.15, 0.2) is 0 Å². The number of hydrogen-bond donors (Lipinski definition) is 0. The van der Waals surface area contributed by atoms with E-state index in [1.807, 2.05) is 18.2 Å². The smallest absolute Gasteiger partial charge is 0.242 e. The van der Waals surface area contributed by atoms with Crippen molar-refractivity contribution >= 4 is 20.9 Å². The molecule has 1 aromatic heterocycles. The lowest BCUT2D eigenvalue weighted by atomic mass is 10.2. The van der Waals surface area contributed by atoms with Gasteiger partial charge in [-0.15, -0.1) is 0 Å². The summed E-state index contributed by atoms with van der Waals surface area (Å²) in [5.74, 6) is 0. The molecule has 0 radical (unpaired) electrons. The lowest BCUT2D eigenvalue weighted by Crippen LogP contribution is -2.22. The minimum Gasteiger partial charge on any atom is -0.287 e. The topological polar surface area (TPSA) is 72.3 Å². The van der Waals surface area contributed by atoms with Gasteiger partial charge in [-0.05, 0) is 29.8 Å². The van der Waals surface area contributed by atoms with Gasteiger partial charge in [0.25, 0.3) is 0 Å². The fourth-order valence-corrected chi connectivity index (χ4v) is 3.45. The third-order valence-electron chi connectivity index (χ3n) is 3.77. The molecule has 0 N–H and O–H groups in total. The van der Waals surface area contributed by atoms with E-state index in [1.54, 1.807) is 35.0 Å². The van der Waals surface area contributed by atoms with Crippen LogP contribution in [0.25, 0.3) is 10.9 Å². The number of benzene rings is 2. The van der Waals surface area contributed by atoms with Crippen molar-refractivity contribution in [1.82, 2.24) is 14.1 Å². The van der Waals surface area contributed by atoms with Crippen LogP contribution in [-0.4, -0.2) is 36.6 Å². The van der Waals surface area contributed by atoms with Crippen molar-refractivity contribution in [3.8, 4) is 0 Å². The first kappa shape index (κ1) is 16.4. The third kappa shape index (κ3) is 2.95. The number of nitrogens with zero attached hydrogens (tertiary/aromatic N) is 3. The zero-order valence-electron chi connectivity index (χ0n) is 13.4. The Bertz CT molecular complexity index is 1060. The summed E-state index contributed by atoms with van der Waals surface area (Å²) in [6.07, 6.45) is 1.28. The quantitative estimate of drug-likeness (QED) is 0.723. The molecule has 24 heavy (non-hydrogen) atoms. The molecule has 0 atom stereocenters. The van der Waals surface area contributed by atoms with Crippen LogP contribution in [-0.2, 0) is 16.6 Å². The van der Waals surface area contributed by atoms with Crippen molar-refractivity contribution in [2.24, 2.45) is 0 Å². The maximum atomic E-state index is 12.3. The van der Waals surface area contributed by atoms with Gasteiger partial charge in [0, 0.05) is 19.5 Å². The molecular weight excluding hydrogens is 326 g/mol. The number of rotatable bonds is 4. The van der Waals surface area contributed by atoms with Crippen LogP contribution in [0.2, 0.25) is 0 Å². The molecule has 1 heterocycles. The predicted molar refractivity (Wildman–Crippen MR) is 92.4 cm³/mol. The predicted octanol–water partition coefficient (Wildman–Crippen LogP) is 1.70. The van der Waals surface area contributed by atoms with E-state index in [0.717, 1.165) is 5.56 Å². The fourth-order valence-electron chi connectivity index (χ4n) is 2.48. The Morgan fingerprint density at radius 3 is 2.58 bits per heavy atom. The lowest BCUT2D eigenvalue weighted by molar-refractivity contribution is 0.520. The highest BCUT2D eigenvalue weighted by Gasteiger charge is 2.17.